The number of carbonyl (C=O) groups excluding carboxylic acids is 2. The van der Waals surface area contributed by atoms with Crippen molar-refractivity contribution < 1.29 is 14.0 Å². The van der Waals surface area contributed by atoms with Crippen molar-refractivity contribution in [2.75, 3.05) is 0 Å². The van der Waals surface area contributed by atoms with E-state index in [1.165, 1.54) is 37.0 Å². The van der Waals surface area contributed by atoms with Gasteiger partial charge in [-0.05, 0) is 36.4 Å². The molecule has 1 aliphatic heterocycles. The Balaban J connectivity index is 1.84. The minimum atomic E-state index is -0.478. The predicted molar refractivity (Wildman–Crippen MR) is 108 cm³/mol. The first kappa shape index (κ1) is 18.8. The van der Waals surface area contributed by atoms with Crippen molar-refractivity contribution in [1.82, 2.24) is 15.8 Å². The topological polar surface area (TPSA) is 83.5 Å². The van der Waals surface area contributed by atoms with Crippen LogP contribution >= 0.6 is 11.8 Å². The van der Waals surface area contributed by atoms with Crippen molar-refractivity contribution >= 4 is 35.0 Å². The fourth-order valence-corrected chi connectivity index (χ4v) is 3.84. The molecule has 0 unspecified atom stereocenters. The maximum Gasteiger partial charge on any atom is 0.269 e. The Labute approximate surface area is 170 Å². The zero-order valence-electron chi connectivity index (χ0n) is 15.3. The third-order valence-electron chi connectivity index (χ3n) is 4.15. The Morgan fingerprint density at radius 1 is 1.00 bits per heavy atom. The van der Waals surface area contributed by atoms with Crippen LogP contribution in [0.5, 0.6) is 0 Å². The molecular weight excluding hydrogens is 391 g/mol. The van der Waals surface area contributed by atoms with E-state index in [0.717, 1.165) is 15.4 Å². The second-order valence-electron chi connectivity index (χ2n) is 6.21. The quantitative estimate of drug-likeness (QED) is 0.498. The van der Waals surface area contributed by atoms with E-state index in [9.17, 15) is 14.0 Å². The van der Waals surface area contributed by atoms with E-state index in [4.69, 9.17) is 0 Å². The molecule has 144 valence electrons. The summed E-state index contributed by atoms with van der Waals surface area (Å²) in [7, 11) is 0. The SMILES string of the molecule is CC(=O)NNC(=O)c1ccc2c(c1)N=C(c1ncccc1F)c1ccccc1S2. The summed E-state index contributed by atoms with van der Waals surface area (Å²) in [6.07, 6.45) is 1.51. The summed E-state index contributed by atoms with van der Waals surface area (Å²) in [4.78, 5) is 33.9. The van der Waals surface area contributed by atoms with Gasteiger partial charge in [-0.1, -0.05) is 30.0 Å². The highest BCUT2D eigenvalue weighted by Crippen LogP contribution is 2.41. The van der Waals surface area contributed by atoms with Gasteiger partial charge in [0.1, 0.15) is 11.4 Å². The van der Waals surface area contributed by atoms with Crippen LogP contribution in [0.3, 0.4) is 0 Å². The largest absolute Gasteiger partial charge is 0.274 e. The van der Waals surface area contributed by atoms with Crippen molar-refractivity contribution in [1.29, 1.82) is 0 Å². The molecule has 0 aliphatic carbocycles. The molecule has 8 heteroatoms. The van der Waals surface area contributed by atoms with Gasteiger partial charge in [-0.3, -0.25) is 25.4 Å². The summed E-state index contributed by atoms with van der Waals surface area (Å²) in [6, 6.07) is 15.4. The maximum absolute atomic E-state index is 14.5. The third-order valence-corrected chi connectivity index (χ3v) is 5.29. The van der Waals surface area contributed by atoms with Gasteiger partial charge in [-0.15, -0.1) is 0 Å². The summed E-state index contributed by atoms with van der Waals surface area (Å²) in [5.41, 5.74) is 6.70. The molecule has 2 heterocycles. The number of hydrogen-bond donors (Lipinski definition) is 2. The van der Waals surface area contributed by atoms with Gasteiger partial charge in [0.2, 0.25) is 5.91 Å². The van der Waals surface area contributed by atoms with Crippen LogP contribution in [-0.2, 0) is 4.79 Å². The lowest BCUT2D eigenvalue weighted by Crippen LogP contribution is -2.40. The number of halogens is 1. The van der Waals surface area contributed by atoms with Gasteiger partial charge in [0.05, 0.1) is 5.69 Å². The molecule has 1 aromatic heterocycles. The highest BCUT2D eigenvalue weighted by atomic mass is 32.2. The van der Waals surface area contributed by atoms with Gasteiger partial charge in [-0.25, -0.2) is 9.38 Å². The number of aliphatic imine (C=N–C) groups is 1. The average Bonchev–Trinajstić information content (AvgIpc) is 2.88. The number of benzene rings is 2. The highest BCUT2D eigenvalue weighted by Gasteiger charge is 2.22. The predicted octanol–water partition coefficient (Wildman–Crippen LogP) is 3.64. The average molecular weight is 406 g/mol. The third kappa shape index (κ3) is 3.88. The van der Waals surface area contributed by atoms with E-state index < -0.39 is 11.7 Å². The number of nitrogens with zero attached hydrogens (tertiary/aromatic N) is 2. The number of aromatic nitrogens is 1. The Bertz CT molecular complexity index is 1160. The molecule has 3 aromatic rings. The Hall–Kier alpha value is -3.52. The molecule has 0 fully saturated rings. The Kier molecular flexibility index (Phi) is 5.09. The van der Waals surface area contributed by atoms with Crippen LogP contribution in [0.1, 0.15) is 28.5 Å². The Morgan fingerprint density at radius 3 is 2.62 bits per heavy atom. The first-order chi connectivity index (χ1) is 14.0. The van der Waals surface area contributed by atoms with Crippen LogP contribution in [0.2, 0.25) is 0 Å². The highest BCUT2D eigenvalue weighted by molar-refractivity contribution is 7.99. The smallest absolute Gasteiger partial charge is 0.269 e. The van der Waals surface area contributed by atoms with E-state index in [-0.39, 0.29) is 11.6 Å². The van der Waals surface area contributed by atoms with E-state index in [0.29, 0.717) is 17.0 Å². The maximum atomic E-state index is 14.5. The zero-order chi connectivity index (χ0) is 20.4. The van der Waals surface area contributed by atoms with Crippen LogP contribution in [0.4, 0.5) is 10.1 Å². The van der Waals surface area contributed by atoms with Crippen molar-refractivity contribution in [2.24, 2.45) is 4.99 Å². The van der Waals surface area contributed by atoms with Crippen LogP contribution < -0.4 is 10.9 Å². The molecule has 0 saturated carbocycles. The van der Waals surface area contributed by atoms with Crippen molar-refractivity contribution in [2.45, 2.75) is 16.7 Å². The molecule has 2 N–H and O–H groups in total. The molecule has 0 spiro atoms. The number of rotatable bonds is 2. The minimum absolute atomic E-state index is 0.140. The summed E-state index contributed by atoms with van der Waals surface area (Å²) in [5.74, 6) is -1.34. The van der Waals surface area contributed by atoms with Gasteiger partial charge in [0.15, 0.2) is 5.82 Å². The number of nitrogens with one attached hydrogen (secondary N) is 2. The number of hydrogen-bond acceptors (Lipinski definition) is 5. The first-order valence-electron chi connectivity index (χ1n) is 8.71. The van der Waals surface area contributed by atoms with E-state index in [1.54, 1.807) is 18.2 Å². The van der Waals surface area contributed by atoms with Crippen molar-refractivity contribution in [3.63, 3.8) is 0 Å². The summed E-state index contributed by atoms with van der Waals surface area (Å²) in [5, 5.41) is 0. The van der Waals surface area contributed by atoms with Crippen LogP contribution in [0.15, 0.2) is 75.6 Å². The lowest BCUT2D eigenvalue weighted by molar-refractivity contribution is -0.119. The van der Waals surface area contributed by atoms with Gasteiger partial charge in [0.25, 0.3) is 5.91 Å². The van der Waals surface area contributed by atoms with Gasteiger partial charge in [-0.2, -0.15) is 0 Å². The van der Waals surface area contributed by atoms with Gasteiger partial charge >= 0.3 is 0 Å². The first-order valence-corrected chi connectivity index (χ1v) is 9.52. The summed E-state index contributed by atoms with van der Waals surface area (Å²) >= 11 is 1.48. The van der Waals surface area contributed by atoms with Crippen molar-refractivity contribution in [3.8, 4) is 0 Å². The second-order valence-corrected chi connectivity index (χ2v) is 7.29. The van der Waals surface area contributed by atoms with Crippen LogP contribution in [-0.4, -0.2) is 22.5 Å². The fourth-order valence-electron chi connectivity index (χ4n) is 2.84. The van der Waals surface area contributed by atoms with Crippen molar-refractivity contribution in [3.05, 3.63) is 83.4 Å². The monoisotopic (exact) mass is 406 g/mol. The normalized spacial score (nSPS) is 12.1. The number of amides is 2. The van der Waals surface area contributed by atoms with Crippen LogP contribution in [0, 0.1) is 5.82 Å². The molecule has 2 amide bonds. The number of hydrazine groups is 1. The zero-order valence-corrected chi connectivity index (χ0v) is 16.1. The molecule has 0 saturated heterocycles. The molecular formula is C21H15FN4O2S. The second kappa shape index (κ2) is 7.84. The van der Waals surface area contributed by atoms with E-state index >= 15 is 0 Å². The molecule has 0 radical (unpaired) electrons. The van der Waals surface area contributed by atoms with Gasteiger partial charge in [0, 0.05) is 34.0 Å². The Morgan fingerprint density at radius 2 is 1.83 bits per heavy atom. The standard InChI is InChI=1S/C21H15FN4O2S/c1-12(27)25-26-21(28)13-8-9-18-16(11-13)24-19(20-15(22)6-4-10-23-20)14-5-2-3-7-17(14)29-18/h2-11H,1H3,(H,25,27)(H,26,28). The minimum Gasteiger partial charge on any atom is -0.274 e. The summed E-state index contributed by atoms with van der Waals surface area (Å²) < 4.78 is 14.5. The molecule has 0 atom stereocenters. The number of carbonyl (C=O) groups is 2. The molecule has 0 bridgehead atoms. The fraction of sp³-hybridized carbons (Fsp3) is 0.0476. The number of fused-ring (bicyclic) bond motifs is 2. The molecule has 4 rings (SSSR count). The molecule has 1 aliphatic rings. The van der Waals surface area contributed by atoms with Crippen LogP contribution in [0.25, 0.3) is 0 Å². The molecule has 6 nitrogen and oxygen atoms in total. The van der Waals surface area contributed by atoms with E-state index in [2.05, 4.69) is 20.8 Å². The lowest BCUT2D eigenvalue weighted by Gasteiger charge is -2.08. The molecule has 29 heavy (non-hydrogen) atoms. The van der Waals surface area contributed by atoms with Gasteiger partial charge < -0.3 is 0 Å². The lowest BCUT2D eigenvalue weighted by atomic mass is 10.1. The summed E-state index contributed by atoms with van der Waals surface area (Å²) in [6.45, 7) is 1.29. The number of pyridine rings is 1. The molecule has 2 aromatic carbocycles. The van der Waals surface area contributed by atoms with E-state index in [1.807, 2.05) is 24.3 Å².